The number of likely N-dealkylation sites (N-methyl/N-ethyl adjacent to an activating group) is 1. The summed E-state index contributed by atoms with van der Waals surface area (Å²) in [7, 11) is 1.99. The molecule has 1 unspecified atom stereocenters. The summed E-state index contributed by atoms with van der Waals surface area (Å²) in [6, 6.07) is 6.35. The lowest BCUT2D eigenvalue weighted by atomic mass is 10.2. The number of hydrogen-bond donors (Lipinski definition) is 0. The van der Waals surface area contributed by atoms with Gasteiger partial charge in [0.05, 0.1) is 24.9 Å². The van der Waals surface area contributed by atoms with Crippen LogP contribution in [-0.4, -0.2) is 74.7 Å². The molecule has 24 heavy (non-hydrogen) atoms. The van der Waals surface area contributed by atoms with Crippen molar-refractivity contribution < 1.29 is 13.9 Å². The van der Waals surface area contributed by atoms with E-state index in [1.165, 1.54) is 6.07 Å². The lowest BCUT2D eigenvalue weighted by Gasteiger charge is -2.28. The first kappa shape index (κ1) is 17.3. The van der Waals surface area contributed by atoms with E-state index in [0.717, 1.165) is 52.2 Å². The van der Waals surface area contributed by atoms with Crippen LogP contribution in [-0.2, 0) is 9.53 Å². The highest BCUT2D eigenvalue weighted by Crippen LogP contribution is 2.26. The molecule has 0 radical (unpaired) electrons. The Morgan fingerprint density at radius 2 is 2.00 bits per heavy atom. The zero-order valence-corrected chi connectivity index (χ0v) is 14.3. The van der Waals surface area contributed by atoms with E-state index in [1.807, 2.05) is 7.05 Å². The highest BCUT2D eigenvalue weighted by molar-refractivity contribution is 5.99. The van der Waals surface area contributed by atoms with Gasteiger partial charge in [-0.2, -0.15) is 0 Å². The van der Waals surface area contributed by atoms with Gasteiger partial charge in [0.25, 0.3) is 0 Å². The zero-order chi connectivity index (χ0) is 16.9. The van der Waals surface area contributed by atoms with Crippen molar-refractivity contribution in [3.63, 3.8) is 0 Å². The fourth-order valence-corrected chi connectivity index (χ4v) is 3.51. The number of ether oxygens (including phenoxy) is 1. The van der Waals surface area contributed by atoms with E-state index in [9.17, 15) is 9.18 Å². The minimum atomic E-state index is -0.332. The van der Waals surface area contributed by atoms with Crippen LogP contribution in [0.5, 0.6) is 0 Å². The van der Waals surface area contributed by atoms with Crippen LogP contribution < -0.4 is 4.90 Å². The second-order valence-corrected chi connectivity index (χ2v) is 6.53. The molecule has 0 aliphatic carbocycles. The monoisotopic (exact) mass is 335 g/mol. The third-order valence-electron chi connectivity index (χ3n) is 4.94. The van der Waals surface area contributed by atoms with Crippen LogP contribution in [0.15, 0.2) is 24.3 Å². The van der Waals surface area contributed by atoms with E-state index in [2.05, 4.69) is 9.80 Å². The molecule has 0 spiro atoms. The summed E-state index contributed by atoms with van der Waals surface area (Å²) in [6.45, 7) is 6.10. The molecule has 1 aromatic rings. The number of carbonyl (C=O) groups is 1. The maximum absolute atomic E-state index is 13.9. The number of halogens is 1. The van der Waals surface area contributed by atoms with Crippen LogP contribution in [0, 0.1) is 5.82 Å². The highest BCUT2D eigenvalue weighted by atomic mass is 19.1. The third-order valence-corrected chi connectivity index (χ3v) is 4.94. The smallest absolute Gasteiger partial charge is 0.244 e. The molecule has 6 heteroatoms. The van der Waals surface area contributed by atoms with Crippen LogP contribution in [0.1, 0.15) is 12.8 Å². The van der Waals surface area contributed by atoms with Crippen molar-refractivity contribution in [2.75, 3.05) is 57.9 Å². The second kappa shape index (κ2) is 8.05. The van der Waals surface area contributed by atoms with Gasteiger partial charge in [0.2, 0.25) is 5.91 Å². The molecule has 1 atom stereocenters. The first-order valence-electron chi connectivity index (χ1n) is 8.73. The van der Waals surface area contributed by atoms with Gasteiger partial charge in [0.1, 0.15) is 5.82 Å². The molecule has 2 saturated heterocycles. The molecule has 1 aromatic carbocycles. The van der Waals surface area contributed by atoms with Gasteiger partial charge in [-0.3, -0.25) is 14.6 Å². The molecule has 132 valence electrons. The molecule has 5 nitrogen and oxygen atoms in total. The van der Waals surface area contributed by atoms with Gasteiger partial charge in [0.15, 0.2) is 0 Å². The van der Waals surface area contributed by atoms with E-state index in [-0.39, 0.29) is 17.8 Å². The van der Waals surface area contributed by atoms with Gasteiger partial charge < -0.3 is 9.64 Å². The Bertz CT molecular complexity index is 563. The number of carbonyl (C=O) groups excluding carboxylic acids is 1. The molecule has 1 amide bonds. The molecule has 2 aliphatic rings. The van der Waals surface area contributed by atoms with Gasteiger partial charge in [0, 0.05) is 19.6 Å². The standard InChI is InChI=1S/C18H26FN3O2/c1-20(8-4-9-21-11-13-24-14-12-21)17-7-10-22(18(17)23)16-6-3-2-5-15(16)19/h2-3,5-6,17H,4,7-14H2,1H3. The molecule has 0 saturated carbocycles. The quantitative estimate of drug-likeness (QED) is 0.791. The molecule has 0 bridgehead atoms. The number of nitrogens with zero attached hydrogens (tertiary/aromatic N) is 3. The molecular weight excluding hydrogens is 309 g/mol. The molecule has 2 fully saturated rings. The zero-order valence-electron chi connectivity index (χ0n) is 14.3. The van der Waals surface area contributed by atoms with Crippen molar-refractivity contribution in [3.05, 3.63) is 30.1 Å². The SMILES string of the molecule is CN(CCCN1CCOCC1)C1CCN(c2ccccc2F)C1=O. The first-order valence-corrected chi connectivity index (χ1v) is 8.73. The van der Waals surface area contributed by atoms with Crippen LogP contribution in [0.3, 0.4) is 0 Å². The summed E-state index contributed by atoms with van der Waals surface area (Å²) in [5.74, 6) is -0.324. The lowest BCUT2D eigenvalue weighted by molar-refractivity contribution is -0.121. The van der Waals surface area contributed by atoms with Crippen LogP contribution in [0.2, 0.25) is 0 Å². The topological polar surface area (TPSA) is 36.0 Å². The minimum absolute atomic E-state index is 0.00831. The Kier molecular flexibility index (Phi) is 5.81. The first-order chi connectivity index (χ1) is 11.7. The van der Waals surface area contributed by atoms with E-state index in [1.54, 1.807) is 23.1 Å². The predicted octanol–water partition coefficient (Wildman–Crippen LogP) is 1.59. The summed E-state index contributed by atoms with van der Waals surface area (Å²) >= 11 is 0. The van der Waals surface area contributed by atoms with Gasteiger partial charge in [-0.05, 0) is 45.1 Å². The number of rotatable bonds is 6. The van der Waals surface area contributed by atoms with E-state index >= 15 is 0 Å². The van der Waals surface area contributed by atoms with Gasteiger partial charge in [-0.15, -0.1) is 0 Å². The average molecular weight is 335 g/mol. The fourth-order valence-electron chi connectivity index (χ4n) is 3.51. The number of anilines is 1. The molecule has 3 rings (SSSR count). The van der Waals surface area contributed by atoms with Crippen molar-refractivity contribution in [1.82, 2.24) is 9.80 Å². The molecule has 2 aliphatic heterocycles. The van der Waals surface area contributed by atoms with E-state index < -0.39 is 0 Å². The second-order valence-electron chi connectivity index (χ2n) is 6.53. The molecule has 0 N–H and O–H groups in total. The number of benzene rings is 1. The Hall–Kier alpha value is -1.50. The Morgan fingerprint density at radius 3 is 2.75 bits per heavy atom. The molecular formula is C18H26FN3O2. The Labute approximate surface area is 143 Å². The van der Waals surface area contributed by atoms with Crippen LogP contribution >= 0.6 is 0 Å². The number of hydrogen-bond acceptors (Lipinski definition) is 4. The fraction of sp³-hybridized carbons (Fsp3) is 0.611. The summed E-state index contributed by atoms with van der Waals surface area (Å²) in [5.41, 5.74) is 0.395. The van der Waals surface area contributed by atoms with Gasteiger partial charge >= 0.3 is 0 Å². The maximum atomic E-state index is 13.9. The maximum Gasteiger partial charge on any atom is 0.244 e. The van der Waals surface area contributed by atoms with Gasteiger partial charge in [-0.25, -0.2) is 4.39 Å². The average Bonchev–Trinajstić information content (AvgIpc) is 2.98. The summed E-state index contributed by atoms with van der Waals surface area (Å²) in [5, 5.41) is 0. The van der Waals surface area contributed by atoms with Crippen molar-refractivity contribution in [3.8, 4) is 0 Å². The molecule has 2 heterocycles. The third kappa shape index (κ3) is 3.94. The van der Waals surface area contributed by atoms with Crippen LogP contribution in [0.25, 0.3) is 0 Å². The Morgan fingerprint density at radius 1 is 1.25 bits per heavy atom. The number of morpholine rings is 1. The summed E-state index contributed by atoms with van der Waals surface area (Å²) in [4.78, 5) is 18.8. The van der Waals surface area contributed by atoms with Crippen LogP contribution in [0.4, 0.5) is 10.1 Å². The summed E-state index contributed by atoms with van der Waals surface area (Å²) < 4.78 is 19.3. The van der Waals surface area contributed by atoms with Crippen molar-refractivity contribution in [2.24, 2.45) is 0 Å². The minimum Gasteiger partial charge on any atom is -0.379 e. The highest BCUT2D eigenvalue weighted by Gasteiger charge is 2.35. The normalized spacial score (nSPS) is 22.5. The summed E-state index contributed by atoms with van der Waals surface area (Å²) in [6.07, 6.45) is 1.78. The van der Waals surface area contributed by atoms with Crippen molar-refractivity contribution in [2.45, 2.75) is 18.9 Å². The largest absolute Gasteiger partial charge is 0.379 e. The van der Waals surface area contributed by atoms with Crippen molar-refractivity contribution >= 4 is 11.6 Å². The number of amides is 1. The van der Waals surface area contributed by atoms with Crippen molar-refractivity contribution in [1.29, 1.82) is 0 Å². The number of para-hydroxylation sites is 1. The Balaban J connectivity index is 1.50. The predicted molar refractivity (Wildman–Crippen MR) is 91.7 cm³/mol. The van der Waals surface area contributed by atoms with E-state index in [4.69, 9.17) is 4.74 Å². The van der Waals surface area contributed by atoms with Gasteiger partial charge in [-0.1, -0.05) is 12.1 Å². The lowest BCUT2D eigenvalue weighted by Crippen LogP contribution is -2.42. The molecule has 0 aromatic heterocycles. The van der Waals surface area contributed by atoms with E-state index in [0.29, 0.717) is 12.2 Å².